The molecule has 1 heterocycles. The summed E-state index contributed by atoms with van der Waals surface area (Å²) in [6, 6.07) is 6.00. The van der Waals surface area contributed by atoms with Gasteiger partial charge in [-0.2, -0.15) is 0 Å². The highest BCUT2D eigenvalue weighted by molar-refractivity contribution is 5.43. The fourth-order valence-corrected chi connectivity index (χ4v) is 1.79. The largest absolute Gasteiger partial charge is 0.486 e. The summed E-state index contributed by atoms with van der Waals surface area (Å²) in [6.45, 7) is 6.16. The molecular formula is C14H21NO3. The highest BCUT2D eigenvalue weighted by atomic mass is 16.6. The molecule has 1 aliphatic rings. The highest BCUT2D eigenvalue weighted by Gasteiger charge is 2.22. The maximum Gasteiger partial charge on any atom is 0.161 e. The lowest BCUT2D eigenvalue weighted by Gasteiger charge is -2.34. The maximum absolute atomic E-state index is 9.35. The molecule has 0 spiro atoms. The van der Waals surface area contributed by atoms with Gasteiger partial charge in [0.15, 0.2) is 11.5 Å². The van der Waals surface area contributed by atoms with E-state index in [9.17, 15) is 5.11 Å². The Kier molecular flexibility index (Phi) is 3.78. The van der Waals surface area contributed by atoms with Crippen molar-refractivity contribution in [3.8, 4) is 11.5 Å². The molecule has 100 valence electrons. The van der Waals surface area contributed by atoms with Gasteiger partial charge in [0, 0.05) is 12.1 Å². The zero-order chi connectivity index (χ0) is 13.2. The molecule has 0 radical (unpaired) electrons. The van der Waals surface area contributed by atoms with Gasteiger partial charge in [-0.15, -0.1) is 0 Å². The number of aliphatic hydroxyl groups excluding tert-OH is 1. The summed E-state index contributed by atoms with van der Waals surface area (Å²) in [5.41, 5.74) is 0.927. The number of ether oxygens (including phenoxy) is 2. The summed E-state index contributed by atoms with van der Waals surface area (Å²) in [4.78, 5) is 2.12. The Morgan fingerprint density at radius 2 is 1.89 bits per heavy atom. The van der Waals surface area contributed by atoms with Crippen molar-refractivity contribution in [1.29, 1.82) is 0 Å². The number of hydrogen-bond acceptors (Lipinski definition) is 4. The molecule has 4 nitrogen and oxygen atoms in total. The molecule has 2 rings (SSSR count). The molecule has 0 fully saturated rings. The molecule has 0 atom stereocenters. The van der Waals surface area contributed by atoms with Crippen molar-refractivity contribution in [3.63, 3.8) is 0 Å². The molecule has 0 aliphatic carbocycles. The van der Waals surface area contributed by atoms with Crippen LogP contribution in [-0.2, 0) is 6.54 Å². The van der Waals surface area contributed by atoms with Gasteiger partial charge in [0.1, 0.15) is 13.2 Å². The summed E-state index contributed by atoms with van der Waals surface area (Å²) in [5, 5.41) is 9.35. The number of hydrogen-bond donors (Lipinski definition) is 1. The quantitative estimate of drug-likeness (QED) is 0.883. The van der Waals surface area contributed by atoms with Crippen molar-refractivity contribution < 1.29 is 14.6 Å². The van der Waals surface area contributed by atoms with Crippen molar-refractivity contribution in [1.82, 2.24) is 4.90 Å². The molecule has 0 bridgehead atoms. The molecule has 0 saturated heterocycles. The lowest BCUT2D eigenvalue weighted by molar-refractivity contribution is 0.0732. The average Bonchev–Trinajstić information content (AvgIpc) is 2.38. The van der Waals surface area contributed by atoms with Crippen molar-refractivity contribution in [3.05, 3.63) is 23.8 Å². The molecule has 18 heavy (non-hydrogen) atoms. The van der Waals surface area contributed by atoms with Crippen LogP contribution in [0.2, 0.25) is 0 Å². The van der Waals surface area contributed by atoms with Gasteiger partial charge < -0.3 is 14.6 Å². The molecule has 0 unspecified atom stereocenters. The number of aliphatic hydroxyl groups is 1. The predicted molar refractivity (Wildman–Crippen MR) is 70.1 cm³/mol. The van der Waals surface area contributed by atoms with E-state index < -0.39 is 0 Å². The lowest BCUT2D eigenvalue weighted by atomic mass is 10.0. The number of rotatable bonds is 4. The third-order valence-corrected chi connectivity index (χ3v) is 3.45. The molecule has 1 N–H and O–H groups in total. The van der Waals surface area contributed by atoms with E-state index in [0.717, 1.165) is 23.6 Å². The summed E-state index contributed by atoms with van der Waals surface area (Å²) in [6.07, 6.45) is 0. The fraction of sp³-hybridized carbons (Fsp3) is 0.571. The predicted octanol–water partition coefficient (Wildman–Crippen LogP) is 1.66. The van der Waals surface area contributed by atoms with E-state index in [1.54, 1.807) is 0 Å². The molecule has 0 amide bonds. The van der Waals surface area contributed by atoms with Crippen LogP contribution in [0.4, 0.5) is 0 Å². The van der Waals surface area contributed by atoms with Gasteiger partial charge in [-0.3, -0.25) is 4.90 Å². The Labute approximate surface area is 108 Å². The Morgan fingerprint density at radius 3 is 2.56 bits per heavy atom. The minimum atomic E-state index is -0.229. The van der Waals surface area contributed by atoms with Gasteiger partial charge in [0.2, 0.25) is 0 Å². The zero-order valence-corrected chi connectivity index (χ0v) is 11.3. The summed E-state index contributed by atoms with van der Waals surface area (Å²) < 4.78 is 11.1. The van der Waals surface area contributed by atoms with E-state index in [4.69, 9.17) is 9.47 Å². The maximum atomic E-state index is 9.35. The van der Waals surface area contributed by atoms with Crippen LogP contribution in [0.5, 0.6) is 11.5 Å². The first-order chi connectivity index (χ1) is 8.53. The van der Waals surface area contributed by atoms with Gasteiger partial charge >= 0.3 is 0 Å². The third-order valence-electron chi connectivity index (χ3n) is 3.45. The Balaban J connectivity index is 2.10. The molecule has 4 heteroatoms. The van der Waals surface area contributed by atoms with Gasteiger partial charge in [0.05, 0.1) is 6.61 Å². The van der Waals surface area contributed by atoms with Crippen molar-refractivity contribution in [2.45, 2.75) is 25.9 Å². The van der Waals surface area contributed by atoms with Gasteiger partial charge in [-0.25, -0.2) is 0 Å². The average molecular weight is 251 g/mol. The molecule has 1 aliphatic heterocycles. The summed E-state index contributed by atoms with van der Waals surface area (Å²) >= 11 is 0. The topological polar surface area (TPSA) is 41.9 Å². The first-order valence-corrected chi connectivity index (χ1v) is 6.23. The van der Waals surface area contributed by atoms with E-state index in [0.29, 0.717) is 13.2 Å². The summed E-state index contributed by atoms with van der Waals surface area (Å²) in [7, 11) is 2.01. The van der Waals surface area contributed by atoms with E-state index in [-0.39, 0.29) is 12.1 Å². The molecule has 0 aromatic heterocycles. The lowest BCUT2D eigenvalue weighted by Crippen LogP contribution is -2.43. The molecule has 1 aromatic carbocycles. The van der Waals surface area contributed by atoms with Crippen molar-refractivity contribution in [2.24, 2.45) is 0 Å². The van der Waals surface area contributed by atoms with Gasteiger partial charge in [-0.1, -0.05) is 6.07 Å². The minimum absolute atomic E-state index is 0.133. The van der Waals surface area contributed by atoms with E-state index >= 15 is 0 Å². The van der Waals surface area contributed by atoms with E-state index in [2.05, 4.69) is 4.90 Å². The van der Waals surface area contributed by atoms with Gasteiger partial charge in [-0.05, 0) is 38.6 Å². The Morgan fingerprint density at radius 1 is 1.22 bits per heavy atom. The Bertz CT molecular complexity index is 418. The van der Waals surface area contributed by atoms with Crippen LogP contribution < -0.4 is 9.47 Å². The molecule has 1 aromatic rings. The van der Waals surface area contributed by atoms with E-state index in [1.807, 2.05) is 39.1 Å². The Hall–Kier alpha value is -1.26. The number of nitrogens with zero attached hydrogens (tertiary/aromatic N) is 1. The van der Waals surface area contributed by atoms with Crippen LogP contribution in [0.1, 0.15) is 19.4 Å². The van der Waals surface area contributed by atoms with Crippen LogP contribution in [0.3, 0.4) is 0 Å². The smallest absolute Gasteiger partial charge is 0.161 e. The van der Waals surface area contributed by atoms with Crippen LogP contribution >= 0.6 is 0 Å². The SMILES string of the molecule is CN(Cc1ccc2c(c1)OCCO2)C(C)(C)CO. The molecular weight excluding hydrogens is 230 g/mol. The van der Waals surface area contributed by atoms with Crippen LogP contribution in [0, 0.1) is 0 Å². The second-order valence-corrected chi connectivity index (χ2v) is 5.30. The highest BCUT2D eigenvalue weighted by Crippen LogP contribution is 2.31. The number of fused-ring (bicyclic) bond motifs is 1. The zero-order valence-electron chi connectivity index (χ0n) is 11.3. The molecule has 0 saturated carbocycles. The minimum Gasteiger partial charge on any atom is -0.486 e. The second-order valence-electron chi connectivity index (χ2n) is 5.30. The fourth-order valence-electron chi connectivity index (χ4n) is 1.79. The van der Waals surface area contributed by atoms with Crippen molar-refractivity contribution in [2.75, 3.05) is 26.9 Å². The van der Waals surface area contributed by atoms with Crippen molar-refractivity contribution >= 4 is 0 Å². The van der Waals surface area contributed by atoms with Crippen LogP contribution in [0.25, 0.3) is 0 Å². The first-order valence-electron chi connectivity index (χ1n) is 6.23. The first kappa shape index (κ1) is 13.2. The van der Waals surface area contributed by atoms with Crippen LogP contribution in [0.15, 0.2) is 18.2 Å². The standard InChI is InChI=1S/C14H21NO3/c1-14(2,10-16)15(3)9-11-4-5-12-13(8-11)18-7-6-17-12/h4-5,8,16H,6-7,9-10H2,1-3H3. The van der Waals surface area contributed by atoms with Crippen LogP contribution in [-0.4, -0.2) is 42.4 Å². The second kappa shape index (κ2) is 5.16. The monoisotopic (exact) mass is 251 g/mol. The third kappa shape index (κ3) is 2.76. The summed E-state index contributed by atoms with van der Waals surface area (Å²) in [5.74, 6) is 1.63. The van der Waals surface area contributed by atoms with E-state index in [1.165, 1.54) is 0 Å². The number of likely N-dealkylation sites (N-methyl/N-ethyl adjacent to an activating group) is 1. The number of benzene rings is 1. The van der Waals surface area contributed by atoms with Gasteiger partial charge in [0.25, 0.3) is 0 Å². The normalized spacial score (nSPS) is 14.9.